The Balaban J connectivity index is 2.77. The van der Waals surface area contributed by atoms with Crippen LogP contribution in [0.1, 0.15) is 19.1 Å². The number of furan rings is 1. The lowest BCUT2D eigenvalue weighted by atomic mass is 9.96. The zero-order valence-electron chi connectivity index (χ0n) is 9.92. The second-order valence-electron chi connectivity index (χ2n) is 3.62. The minimum atomic E-state index is -1.27. The summed E-state index contributed by atoms with van der Waals surface area (Å²) in [6.45, 7) is 1.75. The monoisotopic (exact) mass is 254 g/mol. The van der Waals surface area contributed by atoms with Crippen LogP contribution < -0.4 is 0 Å². The van der Waals surface area contributed by atoms with Crippen molar-refractivity contribution in [2.45, 2.75) is 19.8 Å². The zero-order chi connectivity index (χ0) is 13.5. The van der Waals surface area contributed by atoms with Crippen molar-refractivity contribution in [3.8, 4) is 0 Å². The fourth-order valence-corrected chi connectivity index (χ4v) is 1.47. The normalized spacial score (nSPS) is 11.8. The molecule has 0 aliphatic rings. The summed E-state index contributed by atoms with van der Waals surface area (Å²) < 4.78 is 9.80. The first kappa shape index (κ1) is 14.0. The third-order valence-electron chi connectivity index (χ3n) is 2.27. The van der Waals surface area contributed by atoms with Gasteiger partial charge in [0, 0.05) is 6.42 Å². The van der Waals surface area contributed by atoms with E-state index in [1.165, 1.54) is 6.26 Å². The number of hydrogen-bond acceptors (Lipinski definition) is 5. The summed E-state index contributed by atoms with van der Waals surface area (Å²) in [6, 6.07) is 3.24. The molecular weight excluding hydrogens is 240 g/mol. The number of carbonyl (C=O) groups excluding carboxylic acids is 2. The summed E-state index contributed by atoms with van der Waals surface area (Å²) in [5, 5.41) is 8.57. The molecule has 1 atom stereocenters. The zero-order valence-corrected chi connectivity index (χ0v) is 9.92. The Bertz CT molecular complexity index is 420. The van der Waals surface area contributed by atoms with Crippen LogP contribution in [0, 0.1) is 5.92 Å². The Kier molecular flexibility index (Phi) is 5.10. The predicted octanol–water partition coefficient (Wildman–Crippen LogP) is 1.05. The first-order chi connectivity index (χ1) is 8.54. The van der Waals surface area contributed by atoms with Gasteiger partial charge in [-0.2, -0.15) is 0 Å². The molecule has 0 radical (unpaired) electrons. The highest BCUT2D eigenvalue weighted by molar-refractivity contribution is 6.05. The number of carbonyl (C=O) groups is 3. The molecule has 0 saturated carbocycles. The first-order valence-electron chi connectivity index (χ1n) is 5.48. The molecule has 98 valence electrons. The third-order valence-corrected chi connectivity index (χ3v) is 2.27. The molecule has 0 fully saturated rings. The lowest BCUT2D eigenvalue weighted by Crippen LogP contribution is -2.29. The Hall–Kier alpha value is -2.11. The van der Waals surface area contributed by atoms with Gasteiger partial charge in [-0.05, 0) is 19.1 Å². The Morgan fingerprint density at radius 1 is 1.44 bits per heavy atom. The van der Waals surface area contributed by atoms with Crippen molar-refractivity contribution < 1.29 is 28.6 Å². The van der Waals surface area contributed by atoms with Gasteiger partial charge in [-0.25, -0.2) is 0 Å². The predicted molar refractivity (Wildman–Crippen MR) is 59.8 cm³/mol. The highest BCUT2D eigenvalue weighted by Crippen LogP contribution is 2.14. The average Bonchev–Trinajstić information content (AvgIpc) is 2.77. The molecule has 18 heavy (non-hydrogen) atoms. The number of ether oxygens (including phenoxy) is 1. The molecule has 0 saturated heterocycles. The number of aliphatic carboxylic acids is 1. The van der Waals surface area contributed by atoms with E-state index in [2.05, 4.69) is 0 Å². The maximum Gasteiger partial charge on any atom is 0.316 e. The molecule has 0 bridgehead atoms. The van der Waals surface area contributed by atoms with Crippen molar-refractivity contribution in [2.24, 2.45) is 5.92 Å². The van der Waals surface area contributed by atoms with E-state index in [1.807, 2.05) is 0 Å². The Labute approximate surface area is 104 Å². The molecule has 0 spiro atoms. The van der Waals surface area contributed by atoms with Crippen LogP contribution in [0.15, 0.2) is 22.8 Å². The van der Waals surface area contributed by atoms with Gasteiger partial charge in [0.25, 0.3) is 0 Å². The third kappa shape index (κ3) is 4.04. The van der Waals surface area contributed by atoms with E-state index in [4.69, 9.17) is 14.3 Å². The highest BCUT2D eigenvalue weighted by atomic mass is 16.5. The van der Waals surface area contributed by atoms with E-state index >= 15 is 0 Å². The molecular formula is C12H14O6. The quantitative estimate of drug-likeness (QED) is 0.577. The second kappa shape index (κ2) is 6.58. The maximum absolute atomic E-state index is 11.7. The van der Waals surface area contributed by atoms with Crippen LogP contribution >= 0.6 is 0 Å². The average molecular weight is 254 g/mol. The summed E-state index contributed by atoms with van der Waals surface area (Å²) in [5.41, 5.74) is 0. The topological polar surface area (TPSA) is 93.8 Å². The van der Waals surface area contributed by atoms with Crippen LogP contribution in [0.5, 0.6) is 0 Å². The highest BCUT2D eigenvalue weighted by Gasteiger charge is 2.30. The molecule has 0 aromatic carbocycles. The summed E-state index contributed by atoms with van der Waals surface area (Å²) in [4.78, 5) is 33.8. The van der Waals surface area contributed by atoms with Gasteiger partial charge >= 0.3 is 11.9 Å². The summed E-state index contributed by atoms with van der Waals surface area (Å²) in [6.07, 6.45) is 0.724. The van der Waals surface area contributed by atoms with Gasteiger partial charge in [0.1, 0.15) is 18.1 Å². The molecule has 0 amide bonds. The maximum atomic E-state index is 11.7. The van der Waals surface area contributed by atoms with E-state index < -0.39 is 30.1 Å². The fourth-order valence-electron chi connectivity index (χ4n) is 1.47. The van der Waals surface area contributed by atoms with E-state index in [0.717, 1.165) is 0 Å². The number of ketones is 1. The number of rotatable bonds is 7. The number of Topliss-reactive ketones (excluding diaryl/α,β-unsaturated/α-hetero) is 1. The standard InChI is InChI=1S/C12H14O6/c1-2-17-12(16)9(10(13)7-11(14)15)6-8-4-3-5-18-8/h3-5,9H,2,6-7H2,1H3,(H,14,15). The lowest BCUT2D eigenvalue weighted by molar-refractivity contribution is -0.152. The van der Waals surface area contributed by atoms with Crippen LogP contribution in [0.2, 0.25) is 0 Å². The van der Waals surface area contributed by atoms with Crippen LogP contribution in [0.25, 0.3) is 0 Å². The van der Waals surface area contributed by atoms with Crippen molar-refractivity contribution in [2.75, 3.05) is 6.61 Å². The van der Waals surface area contributed by atoms with E-state index in [-0.39, 0.29) is 13.0 Å². The molecule has 0 aliphatic heterocycles. The van der Waals surface area contributed by atoms with Crippen molar-refractivity contribution in [1.29, 1.82) is 0 Å². The van der Waals surface area contributed by atoms with Crippen LogP contribution in [-0.4, -0.2) is 29.4 Å². The lowest BCUT2D eigenvalue weighted by Gasteiger charge is -2.12. The van der Waals surface area contributed by atoms with Gasteiger partial charge in [-0.3, -0.25) is 14.4 Å². The molecule has 1 unspecified atom stereocenters. The van der Waals surface area contributed by atoms with Crippen LogP contribution in [0.4, 0.5) is 0 Å². The van der Waals surface area contributed by atoms with Gasteiger partial charge in [0.05, 0.1) is 12.9 Å². The smallest absolute Gasteiger partial charge is 0.316 e. The fraction of sp³-hybridized carbons (Fsp3) is 0.417. The van der Waals surface area contributed by atoms with Gasteiger partial charge in [-0.1, -0.05) is 0 Å². The van der Waals surface area contributed by atoms with E-state index in [9.17, 15) is 14.4 Å². The summed E-state index contributed by atoms with van der Waals surface area (Å²) >= 11 is 0. The van der Waals surface area contributed by atoms with Gasteiger partial charge in [0.15, 0.2) is 5.78 Å². The van der Waals surface area contributed by atoms with E-state index in [1.54, 1.807) is 19.1 Å². The molecule has 6 heteroatoms. The van der Waals surface area contributed by atoms with Crippen molar-refractivity contribution in [1.82, 2.24) is 0 Å². The number of esters is 1. The molecule has 6 nitrogen and oxygen atoms in total. The summed E-state index contributed by atoms with van der Waals surface area (Å²) in [7, 11) is 0. The minimum absolute atomic E-state index is 0.0119. The molecule has 1 aromatic rings. The van der Waals surface area contributed by atoms with Crippen molar-refractivity contribution >= 4 is 17.7 Å². The van der Waals surface area contributed by atoms with Crippen LogP contribution in [0.3, 0.4) is 0 Å². The van der Waals surface area contributed by atoms with Crippen molar-refractivity contribution in [3.05, 3.63) is 24.2 Å². The first-order valence-corrected chi connectivity index (χ1v) is 5.48. The number of carboxylic acid groups (broad SMARTS) is 1. The largest absolute Gasteiger partial charge is 0.481 e. The van der Waals surface area contributed by atoms with Crippen molar-refractivity contribution in [3.63, 3.8) is 0 Å². The van der Waals surface area contributed by atoms with E-state index in [0.29, 0.717) is 5.76 Å². The van der Waals surface area contributed by atoms with Gasteiger partial charge < -0.3 is 14.3 Å². The molecule has 1 aromatic heterocycles. The molecule has 1 heterocycles. The Morgan fingerprint density at radius 3 is 2.67 bits per heavy atom. The molecule has 1 N–H and O–H groups in total. The van der Waals surface area contributed by atoms with Crippen LogP contribution in [-0.2, 0) is 25.5 Å². The number of hydrogen-bond donors (Lipinski definition) is 1. The molecule has 1 rings (SSSR count). The second-order valence-corrected chi connectivity index (χ2v) is 3.62. The Morgan fingerprint density at radius 2 is 2.17 bits per heavy atom. The van der Waals surface area contributed by atoms with Gasteiger partial charge in [0.2, 0.25) is 0 Å². The SMILES string of the molecule is CCOC(=O)C(Cc1ccco1)C(=O)CC(=O)O. The molecule has 0 aliphatic carbocycles. The minimum Gasteiger partial charge on any atom is -0.481 e. The number of carboxylic acids is 1. The summed E-state index contributed by atoms with van der Waals surface area (Å²) in [5.74, 6) is -3.37. The van der Waals surface area contributed by atoms with Gasteiger partial charge in [-0.15, -0.1) is 0 Å².